The second-order valence-electron chi connectivity index (χ2n) is 3.30. The van der Waals surface area contributed by atoms with E-state index in [1.165, 1.54) is 6.42 Å². The molecule has 0 radical (unpaired) electrons. The minimum atomic E-state index is -1.06. The maximum Gasteiger partial charge on any atom is 0.329 e. The third-order valence-electron chi connectivity index (χ3n) is 1.81. The lowest BCUT2D eigenvalue weighted by atomic mass is 10.2. The van der Waals surface area contributed by atoms with Gasteiger partial charge >= 0.3 is 5.97 Å². The predicted molar refractivity (Wildman–Crippen MR) is 55.6 cm³/mol. The molecule has 0 fully saturated rings. The van der Waals surface area contributed by atoms with Crippen LogP contribution in [0.25, 0.3) is 0 Å². The molecular formula is C10H19NO4. The van der Waals surface area contributed by atoms with Crippen molar-refractivity contribution in [3.05, 3.63) is 0 Å². The molecule has 0 aromatic rings. The topological polar surface area (TPSA) is 75.6 Å². The molecule has 0 aromatic heterocycles. The summed E-state index contributed by atoms with van der Waals surface area (Å²) >= 11 is 0. The third-order valence-corrected chi connectivity index (χ3v) is 1.81. The third kappa shape index (κ3) is 10.8. The molecule has 0 atom stereocenters. The van der Waals surface area contributed by atoms with E-state index in [9.17, 15) is 9.59 Å². The average molecular weight is 217 g/mol. The number of carbonyl (C=O) groups excluding carboxylic acids is 1. The van der Waals surface area contributed by atoms with Gasteiger partial charge in [0, 0.05) is 6.54 Å². The van der Waals surface area contributed by atoms with Crippen LogP contribution in [-0.4, -0.2) is 36.7 Å². The van der Waals surface area contributed by atoms with Gasteiger partial charge in [-0.05, 0) is 6.42 Å². The number of ether oxygens (including phenoxy) is 1. The zero-order valence-corrected chi connectivity index (χ0v) is 9.12. The van der Waals surface area contributed by atoms with Crippen LogP contribution in [0.4, 0.5) is 0 Å². The van der Waals surface area contributed by atoms with E-state index in [1.807, 2.05) is 0 Å². The second kappa shape index (κ2) is 9.45. The van der Waals surface area contributed by atoms with E-state index >= 15 is 0 Å². The fraction of sp³-hybridized carbons (Fsp3) is 0.800. The Morgan fingerprint density at radius 3 is 2.53 bits per heavy atom. The molecule has 0 aliphatic rings. The van der Waals surface area contributed by atoms with E-state index in [1.54, 1.807) is 0 Å². The lowest BCUT2D eigenvalue weighted by molar-refractivity contribution is -0.143. The Bertz CT molecular complexity index is 194. The molecule has 0 unspecified atom stereocenters. The molecule has 5 nitrogen and oxygen atoms in total. The van der Waals surface area contributed by atoms with E-state index in [-0.39, 0.29) is 12.5 Å². The first-order chi connectivity index (χ1) is 7.16. The Hall–Kier alpha value is -1.10. The quantitative estimate of drug-likeness (QED) is 0.560. The summed E-state index contributed by atoms with van der Waals surface area (Å²) in [6.45, 7) is 2.15. The van der Waals surface area contributed by atoms with Crippen molar-refractivity contribution in [2.75, 3.05) is 19.8 Å². The maximum absolute atomic E-state index is 11.0. The molecule has 0 aliphatic heterocycles. The lowest BCUT2D eigenvalue weighted by Gasteiger charge is -2.04. The predicted octanol–water partition coefficient (Wildman–Crippen LogP) is 0.784. The summed E-state index contributed by atoms with van der Waals surface area (Å²) in [5, 5.41) is 10.9. The van der Waals surface area contributed by atoms with Crippen molar-refractivity contribution in [1.82, 2.24) is 5.32 Å². The monoisotopic (exact) mass is 217 g/mol. The van der Waals surface area contributed by atoms with Gasteiger partial charge in [0.2, 0.25) is 5.91 Å². The van der Waals surface area contributed by atoms with Gasteiger partial charge in [-0.25, -0.2) is 4.79 Å². The second-order valence-corrected chi connectivity index (χ2v) is 3.30. The summed E-state index contributed by atoms with van der Waals surface area (Å²) in [6.07, 6.45) is 4.40. The molecule has 88 valence electrons. The fourth-order valence-electron chi connectivity index (χ4n) is 1.06. The van der Waals surface area contributed by atoms with Crippen LogP contribution < -0.4 is 5.32 Å². The number of carbonyl (C=O) groups is 2. The normalized spacial score (nSPS) is 9.93. The number of hydrogen-bond donors (Lipinski definition) is 2. The van der Waals surface area contributed by atoms with Crippen molar-refractivity contribution in [1.29, 1.82) is 0 Å². The van der Waals surface area contributed by atoms with Crippen molar-refractivity contribution in [2.45, 2.75) is 32.6 Å². The molecule has 0 aromatic carbocycles. The zero-order valence-electron chi connectivity index (χ0n) is 9.12. The Kier molecular flexibility index (Phi) is 8.76. The van der Waals surface area contributed by atoms with Crippen LogP contribution in [0.5, 0.6) is 0 Å². The Labute approximate surface area is 89.8 Å². The van der Waals surface area contributed by atoms with Gasteiger partial charge in [-0.1, -0.05) is 26.2 Å². The zero-order chi connectivity index (χ0) is 11.5. The molecule has 0 saturated carbocycles. The number of carboxylic acids is 1. The maximum atomic E-state index is 11.0. The molecule has 1 amide bonds. The van der Waals surface area contributed by atoms with Gasteiger partial charge in [0.1, 0.15) is 13.2 Å². The van der Waals surface area contributed by atoms with Gasteiger partial charge in [0.15, 0.2) is 0 Å². The van der Waals surface area contributed by atoms with Crippen LogP contribution in [0, 0.1) is 0 Å². The summed E-state index contributed by atoms with van der Waals surface area (Å²) < 4.78 is 4.62. The van der Waals surface area contributed by atoms with Gasteiger partial charge in [0.05, 0.1) is 0 Å². The first kappa shape index (κ1) is 13.9. The summed E-state index contributed by atoms with van der Waals surface area (Å²) in [5.41, 5.74) is 0. The molecule has 0 aliphatic carbocycles. The molecular weight excluding hydrogens is 198 g/mol. The van der Waals surface area contributed by atoms with Crippen molar-refractivity contribution in [3.63, 3.8) is 0 Å². The van der Waals surface area contributed by atoms with E-state index in [2.05, 4.69) is 17.0 Å². The Morgan fingerprint density at radius 2 is 1.93 bits per heavy atom. The minimum Gasteiger partial charge on any atom is -0.480 e. The van der Waals surface area contributed by atoms with Crippen LogP contribution >= 0.6 is 0 Å². The highest BCUT2D eigenvalue weighted by molar-refractivity contribution is 5.77. The molecule has 0 spiro atoms. The van der Waals surface area contributed by atoms with Gasteiger partial charge in [0.25, 0.3) is 0 Å². The number of hydrogen-bond acceptors (Lipinski definition) is 3. The van der Waals surface area contributed by atoms with Crippen LogP contribution in [0.2, 0.25) is 0 Å². The first-order valence-corrected chi connectivity index (χ1v) is 5.23. The lowest BCUT2D eigenvalue weighted by Crippen LogP contribution is -2.29. The van der Waals surface area contributed by atoms with E-state index in [0.717, 1.165) is 19.3 Å². The van der Waals surface area contributed by atoms with Crippen molar-refractivity contribution in [3.8, 4) is 0 Å². The molecule has 0 heterocycles. The minimum absolute atomic E-state index is 0.180. The van der Waals surface area contributed by atoms with Crippen LogP contribution in [-0.2, 0) is 14.3 Å². The van der Waals surface area contributed by atoms with Crippen molar-refractivity contribution < 1.29 is 19.4 Å². The highest BCUT2D eigenvalue weighted by Crippen LogP contribution is 1.96. The molecule has 0 saturated heterocycles. The van der Waals surface area contributed by atoms with E-state index in [0.29, 0.717) is 6.54 Å². The molecule has 0 bridgehead atoms. The number of unbranched alkanes of at least 4 members (excludes halogenated alkanes) is 3. The smallest absolute Gasteiger partial charge is 0.329 e. The number of rotatable bonds is 9. The number of nitrogens with one attached hydrogen (secondary N) is 1. The molecule has 5 heteroatoms. The SMILES string of the molecule is CCCCCCNC(=O)COCC(=O)O. The molecule has 15 heavy (non-hydrogen) atoms. The van der Waals surface area contributed by atoms with E-state index in [4.69, 9.17) is 5.11 Å². The summed E-state index contributed by atoms with van der Waals surface area (Å²) in [6, 6.07) is 0. The van der Waals surface area contributed by atoms with Gasteiger partial charge < -0.3 is 15.2 Å². The number of carboxylic acid groups (broad SMARTS) is 1. The summed E-state index contributed by atoms with van der Waals surface area (Å²) in [5.74, 6) is -1.32. The fourth-order valence-corrected chi connectivity index (χ4v) is 1.06. The highest BCUT2D eigenvalue weighted by atomic mass is 16.5. The Balaban J connectivity index is 3.22. The van der Waals surface area contributed by atoms with Crippen LogP contribution in [0.1, 0.15) is 32.6 Å². The van der Waals surface area contributed by atoms with Crippen molar-refractivity contribution >= 4 is 11.9 Å². The standard InChI is InChI=1S/C10H19NO4/c1-2-3-4-5-6-11-9(12)7-15-8-10(13)14/h2-8H2,1H3,(H,11,12)(H,13,14). The summed E-state index contributed by atoms with van der Waals surface area (Å²) in [7, 11) is 0. The highest BCUT2D eigenvalue weighted by Gasteiger charge is 2.02. The van der Waals surface area contributed by atoms with E-state index < -0.39 is 12.6 Å². The number of aliphatic carboxylic acids is 1. The average Bonchev–Trinajstić information content (AvgIpc) is 2.17. The molecule has 2 N–H and O–H groups in total. The van der Waals surface area contributed by atoms with Crippen LogP contribution in [0.3, 0.4) is 0 Å². The number of amides is 1. The Morgan fingerprint density at radius 1 is 1.20 bits per heavy atom. The molecule has 0 rings (SSSR count). The van der Waals surface area contributed by atoms with Crippen molar-refractivity contribution in [2.24, 2.45) is 0 Å². The van der Waals surface area contributed by atoms with Gasteiger partial charge in [-0.3, -0.25) is 4.79 Å². The summed E-state index contributed by atoms with van der Waals surface area (Å²) in [4.78, 5) is 21.1. The van der Waals surface area contributed by atoms with Crippen LogP contribution in [0.15, 0.2) is 0 Å². The van der Waals surface area contributed by atoms with Gasteiger partial charge in [-0.2, -0.15) is 0 Å². The largest absolute Gasteiger partial charge is 0.480 e. The first-order valence-electron chi connectivity index (χ1n) is 5.23. The van der Waals surface area contributed by atoms with Gasteiger partial charge in [-0.15, -0.1) is 0 Å².